The highest BCUT2D eigenvalue weighted by molar-refractivity contribution is 5.89. The molecule has 2 N–H and O–H groups in total. The molecule has 0 unspecified atom stereocenters. The molecule has 6 nitrogen and oxygen atoms in total. The van der Waals surface area contributed by atoms with Gasteiger partial charge in [0.05, 0.1) is 7.11 Å². The third kappa shape index (κ3) is 7.27. The van der Waals surface area contributed by atoms with E-state index in [4.69, 9.17) is 4.74 Å². The maximum absolute atomic E-state index is 13.2. The molecule has 1 heterocycles. The summed E-state index contributed by atoms with van der Waals surface area (Å²) in [4.78, 5) is 26.2. The molecule has 1 aliphatic rings. The Hall–Kier alpha value is -3.09. The van der Waals surface area contributed by atoms with E-state index >= 15 is 0 Å². The molecule has 2 aromatic rings. The summed E-state index contributed by atoms with van der Waals surface area (Å²) in [7, 11) is 1.63. The molecule has 0 saturated carbocycles. The van der Waals surface area contributed by atoms with Crippen LogP contribution in [0.1, 0.15) is 31.2 Å². The van der Waals surface area contributed by atoms with Crippen molar-refractivity contribution >= 4 is 17.6 Å². The van der Waals surface area contributed by atoms with Crippen molar-refractivity contribution in [1.82, 2.24) is 10.2 Å². The number of carbonyl (C=O) groups is 2. The quantitative estimate of drug-likeness (QED) is 0.663. The maximum Gasteiger partial charge on any atom is 0.321 e. The zero-order chi connectivity index (χ0) is 22.1. The molecule has 7 heteroatoms. The molecule has 0 aromatic heterocycles. The van der Waals surface area contributed by atoms with Crippen molar-refractivity contribution in [2.24, 2.45) is 5.92 Å². The van der Waals surface area contributed by atoms with Crippen LogP contribution in [0.2, 0.25) is 0 Å². The second-order valence-corrected chi connectivity index (χ2v) is 7.86. The van der Waals surface area contributed by atoms with Gasteiger partial charge in [-0.3, -0.25) is 4.79 Å². The van der Waals surface area contributed by atoms with E-state index in [1.165, 1.54) is 12.1 Å². The number of benzene rings is 2. The maximum atomic E-state index is 13.2. The first-order valence-electron chi connectivity index (χ1n) is 10.7. The third-order valence-electron chi connectivity index (χ3n) is 5.65. The number of hydrogen-bond acceptors (Lipinski definition) is 3. The van der Waals surface area contributed by atoms with E-state index in [0.717, 1.165) is 30.6 Å². The Morgan fingerprint density at radius 2 is 1.87 bits per heavy atom. The molecule has 2 aromatic carbocycles. The summed E-state index contributed by atoms with van der Waals surface area (Å²) in [6.07, 6.45) is 3.88. The SMILES string of the molecule is COc1ccc(CCC(=O)NCCC2CCN(C(=O)Nc3cccc(F)c3)CC2)cc1. The van der Waals surface area contributed by atoms with Crippen molar-refractivity contribution in [2.45, 2.75) is 32.1 Å². The van der Waals surface area contributed by atoms with Gasteiger partial charge in [-0.1, -0.05) is 18.2 Å². The summed E-state index contributed by atoms with van der Waals surface area (Å²) in [6.45, 7) is 1.98. The fourth-order valence-electron chi connectivity index (χ4n) is 3.75. The molecule has 3 rings (SSSR count). The summed E-state index contributed by atoms with van der Waals surface area (Å²) < 4.78 is 18.4. The van der Waals surface area contributed by atoms with E-state index in [1.54, 1.807) is 24.1 Å². The average molecular weight is 428 g/mol. The Bertz CT molecular complexity index is 865. The van der Waals surface area contributed by atoms with Crippen molar-refractivity contribution in [3.05, 3.63) is 59.9 Å². The van der Waals surface area contributed by atoms with Gasteiger partial charge in [0, 0.05) is 31.7 Å². The standard InChI is InChI=1S/C24H30FN3O3/c1-31-22-8-5-18(6-9-22)7-10-23(29)26-14-11-19-12-15-28(16-13-19)24(30)27-21-4-2-3-20(25)17-21/h2-6,8-9,17,19H,7,10-16H2,1H3,(H,26,29)(H,27,30). The molecule has 1 fully saturated rings. The van der Waals surface area contributed by atoms with Gasteiger partial charge < -0.3 is 20.3 Å². The predicted molar refractivity (Wildman–Crippen MR) is 119 cm³/mol. The first-order valence-corrected chi connectivity index (χ1v) is 10.7. The number of aryl methyl sites for hydroxylation is 1. The van der Waals surface area contributed by atoms with Crippen LogP contribution in [-0.2, 0) is 11.2 Å². The topological polar surface area (TPSA) is 70.7 Å². The summed E-state index contributed by atoms with van der Waals surface area (Å²) in [5, 5.41) is 5.74. The highest BCUT2D eigenvalue weighted by atomic mass is 19.1. The van der Waals surface area contributed by atoms with E-state index in [-0.39, 0.29) is 17.8 Å². The van der Waals surface area contributed by atoms with Gasteiger partial charge >= 0.3 is 6.03 Å². The van der Waals surface area contributed by atoms with Crippen LogP contribution in [0.4, 0.5) is 14.9 Å². The van der Waals surface area contributed by atoms with Crippen LogP contribution in [0.3, 0.4) is 0 Å². The Labute approximate surface area is 182 Å². The largest absolute Gasteiger partial charge is 0.497 e. The number of urea groups is 1. The minimum Gasteiger partial charge on any atom is -0.497 e. The van der Waals surface area contributed by atoms with Gasteiger partial charge in [0.1, 0.15) is 11.6 Å². The molecular weight excluding hydrogens is 397 g/mol. The highest BCUT2D eigenvalue weighted by Crippen LogP contribution is 2.21. The van der Waals surface area contributed by atoms with Crippen molar-refractivity contribution in [1.29, 1.82) is 0 Å². The number of ether oxygens (including phenoxy) is 1. The molecule has 31 heavy (non-hydrogen) atoms. The minimum atomic E-state index is -0.373. The van der Waals surface area contributed by atoms with E-state index < -0.39 is 0 Å². The summed E-state index contributed by atoms with van der Waals surface area (Å²) in [6, 6.07) is 13.5. The van der Waals surface area contributed by atoms with Crippen molar-refractivity contribution in [3.8, 4) is 5.75 Å². The molecule has 0 spiro atoms. The number of likely N-dealkylation sites (tertiary alicyclic amines) is 1. The van der Waals surface area contributed by atoms with Crippen LogP contribution in [0, 0.1) is 11.7 Å². The molecule has 0 radical (unpaired) electrons. The lowest BCUT2D eigenvalue weighted by molar-refractivity contribution is -0.121. The Balaban J connectivity index is 1.30. The normalized spacial score (nSPS) is 14.2. The average Bonchev–Trinajstić information content (AvgIpc) is 2.78. The van der Waals surface area contributed by atoms with Crippen LogP contribution in [0.5, 0.6) is 5.75 Å². The Morgan fingerprint density at radius 1 is 1.13 bits per heavy atom. The first kappa shape index (κ1) is 22.6. The van der Waals surface area contributed by atoms with E-state index in [9.17, 15) is 14.0 Å². The molecule has 0 aliphatic carbocycles. The van der Waals surface area contributed by atoms with Gasteiger partial charge in [-0.05, 0) is 67.5 Å². The number of amides is 3. The molecule has 1 aliphatic heterocycles. The van der Waals surface area contributed by atoms with Gasteiger partial charge in [-0.25, -0.2) is 9.18 Å². The first-order chi connectivity index (χ1) is 15.0. The second kappa shape index (κ2) is 11.3. The van der Waals surface area contributed by atoms with Crippen molar-refractivity contribution < 1.29 is 18.7 Å². The van der Waals surface area contributed by atoms with Crippen LogP contribution in [0.15, 0.2) is 48.5 Å². The molecule has 0 bridgehead atoms. The van der Waals surface area contributed by atoms with Gasteiger partial charge in [-0.15, -0.1) is 0 Å². The molecular formula is C24H30FN3O3. The smallest absolute Gasteiger partial charge is 0.321 e. The number of carbonyl (C=O) groups excluding carboxylic acids is 2. The van der Waals surface area contributed by atoms with Crippen LogP contribution < -0.4 is 15.4 Å². The van der Waals surface area contributed by atoms with Gasteiger partial charge in [0.2, 0.25) is 5.91 Å². The zero-order valence-electron chi connectivity index (χ0n) is 17.9. The van der Waals surface area contributed by atoms with Crippen LogP contribution >= 0.6 is 0 Å². The van der Waals surface area contributed by atoms with Gasteiger partial charge in [0.15, 0.2) is 0 Å². The molecule has 1 saturated heterocycles. The monoisotopic (exact) mass is 427 g/mol. The Kier molecular flexibility index (Phi) is 8.27. The van der Waals surface area contributed by atoms with E-state index in [0.29, 0.717) is 44.1 Å². The summed E-state index contributed by atoms with van der Waals surface area (Å²) in [5.74, 6) is 0.982. The van der Waals surface area contributed by atoms with Gasteiger partial charge in [-0.2, -0.15) is 0 Å². The van der Waals surface area contributed by atoms with Gasteiger partial charge in [0.25, 0.3) is 0 Å². The predicted octanol–water partition coefficient (Wildman–Crippen LogP) is 4.22. The number of halogens is 1. The number of methoxy groups -OCH3 is 1. The highest BCUT2D eigenvalue weighted by Gasteiger charge is 2.22. The number of nitrogens with zero attached hydrogens (tertiary/aromatic N) is 1. The van der Waals surface area contributed by atoms with E-state index in [2.05, 4.69) is 10.6 Å². The van der Waals surface area contributed by atoms with Crippen molar-refractivity contribution in [2.75, 3.05) is 32.1 Å². The fraction of sp³-hybridized carbons (Fsp3) is 0.417. The fourth-order valence-corrected chi connectivity index (χ4v) is 3.75. The lowest BCUT2D eigenvalue weighted by Gasteiger charge is -2.32. The van der Waals surface area contributed by atoms with E-state index in [1.807, 2.05) is 24.3 Å². The lowest BCUT2D eigenvalue weighted by Crippen LogP contribution is -2.41. The van der Waals surface area contributed by atoms with Crippen molar-refractivity contribution in [3.63, 3.8) is 0 Å². The Morgan fingerprint density at radius 3 is 2.55 bits per heavy atom. The second-order valence-electron chi connectivity index (χ2n) is 7.86. The number of nitrogens with one attached hydrogen (secondary N) is 2. The van der Waals surface area contributed by atoms with Crippen LogP contribution in [0.25, 0.3) is 0 Å². The summed E-state index contributed by atoms with van der Waals surface area (Å²) in [5.41, 5.74) is 1.57. The lowest BCUT2D eigenvalue weighted by atomic mass is 9.93. The molecule has 166 valence electrons. The number of anilines is 1. The third-order valence-corrected chi connectivity index (χ3v) is 5.65. The zero-order valence-corrected chi connectivity index (χ0v) is 17.9. The molecule has 0 atom stereocenters. The number of hydrogen-bond donors (Lipinski definition) is 2. The number of piperidine rings is 1. The van der Waals surface area contributed by atoms with Crippen LogP contribution in [-0.4, -0.2) is 43.6 Å². The molecule has 3 amide bonds. The minimum absolute atomic E-state index is 0.0581. The summed E-state index contributed by atoms with van der Waals surface area (Å²) >= 11 is 0. The number of rotatable bonds is 8.